The van der Waals surface area contributed by atoms with Gasteiger partial charge in [-0.15, -0.1) is 0 Å². The smallest absolute Gasteiger partial charge is 0.117 e. The second kappa shape index (κ2) is 4.60. The van der Waals surface area contributed by atoms with E-state index in [0.29, 0.717) is 0 Å². The Balaban J connectivity index is 1.63. The van der Waals surface area contributed by atoms with E-state index in [1.807, 2.05) is 6.07 Å². The summed E-state index contributed by atoms with van der Waals surface area (Å²) in [6.45, 7) is 6.03. The van der Waals surface area contributed by atoms with Crippen molar-refractivity contribution < 1.29 is 4.42 Å². The lowest BCUT2D eigenvalue weighted by atomic mass is 10.2. The molecular formula is C13H20N2O. The predicted octanol–water partition coefficient (Wildman–Crippen LogP) is 1.95. The molecule has 2 saturated heterocycles. The summed E-state index contributed by atoms with van der Waals surface area (Å²) in [4.78, 5) is 5.22. The summed E-state index contributed by atoms with van der Waals surface area (Å²) in [5.41, 5.74) is 0. The summed E-state index contributed by atoms with van der Waals surface area (Å²) in [5.74, 6) is 1.10. The molecule has 3 heteroatoms. The van der Waals surface area contributed by atoms with Crippen LogP contribution >= 0.6 is 0 Å². The Bertz CT molecular complexity index is 323. The van der Waals surface area contributed by atoms with Crippen LogP contribution in [0.4, 0.5) is 0 Å². The Kier molecular flexibility index (Phi) is 2.98. The van der Waals surface area contributed by atoms with Crippen molar-refractivity contribution in [2.75, 3.05) is 26.2 Å². The van der Waals surface area contributed by atoms with E-state index in [1.165, 1.54) is 45.4 Å². The molecule has 3 rings (SSSR count). The SMILES string of the molecule is c1coc(CN2CCCN3CCCC3C2)c1. The van der Waals surface area contributed by atoms with Crippen molar-refractivity contribution in [2.45, 2.75) is 31.8 Å². The highest BCUT2D eigenvalue weighted by molar-refractivity contribution is 4.98. The van der Waals surface area contributed by atoms with Gasteiger partial charge in [0.15, 0.2) is 0 Å². The zero-order chi connectivity index (χ0) is 10.8. The molecule has 3 nitrogen and oxygen atoms in total. The average Bonchev–Trinajstić information content (AvgIpc) is 2.88. The Morgan fingerprint density at radius 2 is 2.19 bits per heavy atom. The predicted molar refractivity (Wildman–Crippen MR) is 63.2 cm³/mol. The molecule has 0 amide bonds. The fourth-order valence-electron chi connectivity index (χ4n) is 3.05. The van der Waals surface area contributed by atoms with Crippen LogP contribution in [0.1, 0.15) is 25.0 Å². The standard InChI is InChI=1S/C13H20N2O/c1-4-12-10-14(6-3-8-15(12)7-1)11-13-5-2-9-16-13/h2,5,9,12H,1,3-4,6-8,10-11H2. The third kappa shape index (κ3) is 2.15. The van der Waals surface area contributed by atoms with E-state index >= 15 is 0 Å². The molecule has 2 fully saturated rings. The lowest BCUT2D eigenvalue weighted by Gasteiger charge is -2.24. The van der Waals surface area contributed by atoms with Crippen LogP contribution in [0.5, 0.6) is 0 Å². The summed E-state index contributed by atoms with van der Waals surface area (Å²) in [7, 11) is 0. The molecule has 88 valence electrons. The van der Waals surface area contributed by atoms with Crippen LogP contribution in [0.25, 0.3) is 0 Å². The largest absolute Gasteiger partial charge is 0.468 e. The topological polar surface area (TPSA) is 19.6 Å². The molecule has 0 bridgehead atoms. The second-order valence-corrected chi connectivity index (χ2v) is 5.00. The third-order valence-corrected chi connectivity index (χ3v) is 3.85. The quantitative estimate of drug-likeness (QED) is 0.759. The summed E-state index contributed by atoms with van der Waals surface area (Å²) < 4.78 is 5.43. The first-order valence-corrected chi connectivity index (χ1v) is 6.40. The molecule has 2 aliphatic rings. The highest BCUT2D eigenvalue weighted by Gasteiger charge is 2.28. The molecular weight excluding hydrogens is 200 g/mol. The Hall–Kier alpha value is -0.800. The first-order chi connectivity index (χ1) is 7.92. The van der Waals surface area contributed by atoms with Crippen LogP contribution in [0.3, 0.4) is 0 Å². The summed E-state index contributed by atoms with van der Waals surface area (Å²) >= 11 is 0. The molecule has 2 aliphatic heterocycles. The van der Waals surface area contributed by atoms with Crippen molar-refractivity contribution in [3.63, 3.8) is 0 Å². The van der Waals surface area contributed by atoms with Crippen LogP contribution in [0, 0.1) is 0 Å². The van der Waals surface area contributed by atoms with Crippen molar-refractivity contribution in [3.8, 4) is 0 Å². The Morgan fingerprint density at radius 1 is 1.25 bits per heavy atom. The van der Waals surface area contributed by atoms with Gasteiger partial charge in [0, 0.05) is 12.6 Å². The minimum absolute atomic E-state index is 0.803. The van der Waals surface area contributed by atoms with Gasteiger partial charge in [0.1, 0.15) is 5.76 Å². The van der Waals surface area contributed by atoms with Crippen molar-refractivity contribution in [1.29, 1.82) is 0 Å². The Labute approximate surface area is 97.0 Å². The first-order valence-electron chi connectivity index (χ1n) is 6.40. The lowest BCUT2D eigenvalue weighted by molar-refractivity contribution is 0.205. The van der Waals surface area contributed by atoms with Gasteiger partial charge in [0.05, 0.1) is 12.8 Å². The molecule has 1 aromatic rings. The molecule has 3 heterocycles. The summed E-state index contributed by atoms with van der Waals surface area (Å²) in [6.07, 6.45) is 5.85. The van der Waals surface area contributed by atoms with Crippen LogP contribution in [0.2, 0.25) is 0 Å². The van der Waals surface area contributed by atoms with E-state index in [1.54, 1.807) is 6.26 Å². The van der Waals surface area contributed by atoms with E-state index in [2.05, 4.69) is 15.9 Å². The molecule has 0 aliphatic carbocycles. The number of furan rings is 1. The molecule has 1 unspecified atom stereocenters. The van der Waals surface area contributed by atoms with Crippen LogP contribution in [-0.4, -0.2) is 42.0 Å². The minimum atomic E-state index is 0.803. The maximum absolute atomic E-state index is 5.43. The van der Waals surface area contributed by atoms with Crippen molar-refractivity contribution >= 4 is 0 Å². The molecule has 0 spiro atoms. The maximum Gasteiger partial charge on any atom is 0.117 e. The minimum Gasteiger partial charge on any atom is -0.468 e. The van der Waals surface area contributed by atoms with Crippen molar-refractivity contribution in [1.82, 2.24) is 9.80 Å². The number of fused-ring (bicyclic) bond motifs is 1. The summed E-state index contributed by atoms with van der Waals surface area (Å²) in [5, 5.41) is 0. The van der Waals surface area contributed by atoms with Gasteiger partial charge in [-0.2, -0.15) is 0 Å². The second-order valence-electron chi connectivity index (χ2n) is 5.00. The monoisotopic (exact) mass is 220 g/mol. The van der Waals surface area contributed by atoms with Gasteiger partial charge in [-0.3, -0.25) is 9.80 Å². The highest BCUT2D eigenvalue weighted by Crippen LogP contribution is 2.22. The van der Waals surface area contributed by atoms with Gasteiger partial charge in [-0.25, -0.2) is 0 Å². The van der Waals surface area contributed by atoms with Crippen molar-refractivity contribution in [2.24, 2.45) is 0 Å². The van der Waals surface area contributed by atoms with Crippen LogP contribution in [-0.2, 0) is 6.54 Å². The molecule has 1 atom stereocenters. The third-order valence-electron chi connectivity index (χ3n) is 3.85. The molecule has 0 N–H and O–H groups in total. The van der Waals surface area contributed by atoms with E-state index in [0.717, 1.165) is 18.3 Å². The lowest BCUT2D eigenvalue weighted by Crippen LogP contribution is -2.36. The molecule has 16 heavy (non-hydrogen) atoms. The molecule has 0 aromatic carbocycles. The fourth-order valence-corrected chi connectivity index (χ4v) is 3.05. The normalized spacial score (nSPS) is 27.9. The zero-order valence-corrected chi connectivity index (χ0v) is 9.77. The van der Waals surface area contributed by atoms with E-state index in [9.17, 15) is 0 Å². The van der Waals surface area contributed by atoms with Gasteiger partial charge in [0.2, 0.25) is 0 Å². The summed E-state index contributed by atoms with van der Waals surface area (Å²) in [6, 6.07) is 4.87. The molecule has 0 radical (unpaired) electrons. The van der Waals surface area contributed by atoms with E-state index in [4.69, 9.17) is 4.42 Å². The number of hydrogen-bond donors (Lipinski definition) is 0. The fraction of sp³-hybridized carbons (Fsp3) is 0.692. The van der Waals surface area contributed by atoms with Gasteiger partial charge in [-0.05, 0) is 51.0 Å². The zero-order valence-electron chi connectivity index (χ0n) is 9.77. The average molecular weight is 220 g/mol. The first kappa shape index (κ1) is 10.4. The number of nitrogens with zero attached hydrogens (tertiary/aromatic N) is 2. The number of rotatable bonds is 2. The van der Waals surface area contributed by atoms with Crippen molar-refractivity contribution in [3.05, 3.63) is 24.2 Å². The highest BCUT2D eigenvalue weighted by atomic mass is 16.3. The molecule has 1 aromatic heterocycles. The Morgan fingerprint density at radius 3 is 3.06 bits per heavy atom. The van der Waals surface area contributed by atoms with Gasteiger partial charge in [-0.1, -0.05) is 0 Å². The molecule has 0 saturated carbocycles. The van der Waals surface area contributed by atoms with Crippen LogP contribution < -0.4 is 0 Å². The van der Waals surface area contributed by atoms with Gasteiger partial charge < -0.3 is 4.42 Å². The van der Waals surface area contributed by atoms with E-state index < -0.39 is 0 Å². The number of hydrogen-bond acceptors (Lipinski definition) is 3. The van der Waals surface area contributed by atoms with Gasteiger partial charge >= 0.3 is 0 Å². The maximum atomic E-state index is 5.43. The van der Waals surface area contributed by atoms with Crippen LogP contribution in [0.15, 0.2) is 22.8 Å². The van der Waals surface area contributed by atoms with Gasteiger partial charge in [0.25, 0.3) is 0 Å². The van der Waals surface area contributed by atoms with E-state index in [-0.39, 0.29) is 0 Å².